The molecular formula is C21H24N4O. The van der Waals surface area contributed by atoms with E-state index in [1.807, 2.05) is 17.9 Å². The van der Waals surface area contributed by atoms with Crippen molar-refractivity contribution in [2.24, 2.45) is 0 Å². The Labute approximate surface area is 153 Å². The molecule has 1 aromatic carbocycles. The number of fused-ring (bicyclic) bond motifs is 3. The fraction of sp³-hybridized carbons (Fsp3) is 0.429. The summed E-state index contributed by atoms with van der Waals surface area (Å²) in [4.78, 5) is 22.8. The van der Waals surface area contributed by atoms with E-state index in [9.17, 15) is 4.79 Å². The Morgan fingerprint density at radius 3 is 2.81 bits per heavy atom. The largest absolute Gasteiger partial charge is 0.348 e. The second-order valence-electron chi connectivity index (χ2n) is 7.60. The first-order valence-electron chi connectivity index (χ1n) is 9.64. The molecule has 26 heavy (non-hydrogen) atoms. The van der Waals surface area contributed by atoms with Crippen LogP contribution in [0.4, 0.5) is 0 Å². The van der Waals surface area contributed by atoms with E-state index in [0.717, 1.165) is 35.3 Å². The molecule has 3 heterocycles. The molecule has 2 aliphatic rings. The van der Waals surface area contributed by atoms with Crippen molar-refractivity contribution in [1.29, 1.82) is 0 Å². The zero-order valence-electron chi connectivity index (χ0n) is 15.2. The maximum Gasteiger partial charge on any atom is 0.256 e. The van der Waals surface area contributed by atoms with Gasteiger partial charge < -0.3 is 14.5 Å². The van der Waals surface area contributed by atoms with Gasteiger partial charge >= 0.3 is 0 Å². The van der Waals surface area contributed by atoms with E-state index in [2.05, 4.69) is 32.7 Å². The average molecular weight is 348 g/mol. The number of amides is 1. The van der Waals surface area contributed by atoms with Crippen LogP contribution in [-0.4, -0.2) is 31.9 Å². The average Bonchev–Trinajstić information content (AvgIpc) is 3.36. The molecule has 1 aliphatic carbocycles. The van der Waals surface area contributed by atoms with Gasteiger partial charge in [0.05, 0.1) is 24.1 Å². The summed E-state index contributed by atoms with van der Waals surface area (Å²) in [7, 11) is 0. The number of carbonyl (C=O) groups excluding carboxylic acids is 1. The Bertz CT molecular complexity index is 977. The Morgan fingerprint density at radius 1 is 1.23 bits per heavy atom. The molecule has 1 N–H and O–H groups in total. The van der Waals surface area contributed by atoms with Gasteiger partial charge in [0.15, 0.2) is 0 Å². The molecule has 0 unspecified atom stereocenters. The van der Waals surface area contributed by atoms with Crippen molar-refractivity contribution in [2.75, 3.05) is 6.54 Å². The van der Waals surface area contributed by atoms with E-state index in [4.69, 9.17) is 0 Å². The van der Waals surface area contributed by atoms with Gasteiger partial charge in [0.25, 0.3) is 5.91 Å². The summed E-state index contributed by atoms with van der Waals surface area (Å²) in [6.07, 6.45) is 7.69. The standard InChI is InChI=1S/C21H24N4O/c1-14-17(23-13-22-14)12-24-11-10-19-20(21(24)26)16-8-4-5-9-18(16)25(19)15-6-2-3-7-15/h4-5,8-9,13,15H,2-3,6-7,10-12H2,1H3,(H,22,23). The molecule has 5 nitrogen and oxygen atoms in total. The van der Waals surface area contributed by atoms with Crippen LogP contribution in [0.5, 0.6) is 0 Å². The molecule has 1 amide bonds. The van der Waals surface area contributed by atoms with Gasteiger partial charge in [-0.1, -0.05) is 31.0 Å². The summed E-state index contributed by atoms with van der Waals surface area (Å²) in [6, 6.07) is 8.99. The number of hydrogen-bond acceptors (Lipinski definition) is 2. The first-order chi connectivity index (χ1) is 12.7. The fourth-order valence-corrected chi connectivity index (χ4v) is 4.76. The third kappa shape index (κ3) is 2.30. The number of aromatic amines is 1. The summed E-state index contributed by atoms with van der Waals surface area (Å²) >= 11 is 0. The molecule has 3 aromatic rings. The summed E-state index contributed by atoms with van der Waals surface area (Å²) in [5.41, 5.74) is 5.40. The quantitative estimate of drug-likeness (QED) is 0.778. The number of nitrogens with one attached hydrogen (secondary N) is 1. The highest BCUT2D eigenvalue weighted by Crippen LogP contribution is 2.39. The third-order valence-electron chi connectivity index (χ3n) is 6.10. The van der Waals surface area contributed by atoms with E-state index in [-0.39, 0.29) is 5.91 Å². The van der Waals surface area contributed by atoms with Gasteiger partial charge in [0.2, 0.25) is 0 Å². The van der Waals surface area contributed by atoms with Crippen LogP contribution in [0.25, 0.3) is 10.9 Å². The van der Waals surface area contributed by atoms with Crippen LogP contribution >= 0.6 is 0 Å². The molecule has 134 valence electrons. The molecule has 5 heteroatoms. The van der Waals surface area contributed by atoms with Gasteiger partial charge in [-0.05, 0) is 25.8 Å². The van der Waals surface area contributed by atoms with Crippen molar-refractivity contribution in [1.82, 2.24) is 19.4 Å². The first kappa shape index (κ1) is 15.7. The summed E-state index contributed by atoms with van der Waals surface area (Å²) < 4.78 is 2.49. The first-order valence-corrected chi connectivity index (χ1v) is 9.64. The molecule has 1 aliphatic heterocycles. The van der Waals surface area contributed by atoms with Crippen LogP contribution < -0.4 is 0 Å². The lowest BCUT2D eigenvalue weighted by molar-refractivity contribution is 0.0724. The van der Waals surface area contributed by atoms with E-state index in [0.29, 0.717) is 12.6 Å². The van der Waals surface area contributed by atoms with Gasteiger partial charge in [0.1, 0.15) is 0 Å². The molecule has 0 radical (unpaired) electrons. The Morgan fingerprint density at radius 2 is 2.04 bits per heavy atom. The molecule has 0 saturated heterocycles. The highest BCUT2D eigenvalue weighted by atomic mass is 16.2. The van der Waals surface area contributed by atoms with Crippen LogP contribution in [0.1, 0.15) is 59.2 Å². The van der Waals surface area contributed by atoms with Gasteiger partial charge in [-0.3, -0.25) is 4.79 Å². The van der Waals surface area contributed by atoms with Crippen LogP contribution in [0.2, 0.25) is 0 Å². The molecule has 0 spiro atoms. The van der Waals surface area contributed by atoms with Crippen molar-refractivity contribution in [3.05, 3.63) is 53.2 Å². The molecule has 2 aromatic heterocycles. The lowest BCUT2D eigenvalue weighted by Gasteiger charge is -2.29. The van der Waals surface area contributed by atoms with Crippen LogP contribution in [-0.2, 0) is 13.0 Å². The molecule has 1 saturated carbocycles. The van der Waals surface area contributed by atoms with E-state index >= 15 is 0 Å². The van der Waals surface area contributed by atoms with Crippen LogP contribution in [0.15, 0.2) is 30.6 Å². The van der Waals surface area contributed by atoms with Gasteiger partial charge in [-0.2, -0.15) is 0 Å². The number of rotatable bonds is 3. The Hall–Kier alpha value is -2.56. The lowest BCUT2D eigenvalue weighted by atomic mass is 10.0. The predicted molar refractivity (Wildman–Crippen MR) is 101 cm³/mol. The second-order valence-corrected chi connectivity index (χ2v) is 7.60. The SMILES string of the molecule is Cc1[nH]cnc1CN1CCc2c(c3ccccc3n2C2CCCC2)C1=O. The number of benzene rings is 1. The van der Waals surface area contributed by atoms with Gasteiger partial charge in [-0.15, -0.1) is 0 Å². The van der Waals surface area contributed by atoms with Gasteiger partial charge in [0, 0.05) is 41.3 Å². The summed E-state index contributed by atoms with van der Waals surface area (Å²) in [5.74, 6) is 0.154. The molecule has 5 rings (SSSR count). The zero-order chi connectivity index (χ0) is 17.7. The molecule has 1 fully saturated rings. The number of carbonyl (C=O) groups is 1. The summed E-state index contributed by atoms with van der Waals surface area (Å²) in [6.45, 7) is 3.35. The predicted octanol–water partition coefficient (Wildman–Crippen LogP) is 3.99. The topological polar surface area (TPSA) is 53.9 Å². The number of imidazole rings is 1. The van der Waals surface area contributed by atoms with Crippen molar-refractivity contribution >= 4 is 16.8 Å². The maximum absolute atomic E-state index is 13.4. The van der Waals surface area contributed by atoms with E-state index in [1.165, 1.54) is 36.9 Å². The number of hydrogen-bond donors (Lipinski definition) is 1. The van der Waals surface area contributed by atoms with E-state index < -0.39 is 0 Å². The van der Waals surface area contributed by atoms with Crippen molar-refractivity contribution in [2.45, 2.75) is 51.6 Å². The number of aryl methyl sites for hydroxylation is 1. The minimum absolute atomic E-state index is 0.154. The number of para-hydroxylation sites is 1. The Balaban J connectivity index is 1.59. The smallest absolute Gasteiger partial charge is 0.256 e. The highest BCUT2D eigenvalue weighted by Gasteiger charge is 2.33. The highest BCUT2D eigenvalue weighted by molar-refractivity contribution is 6.09. The number of nitrogens with zero attached hydrogens (tertiary/aromatic N) is 3. The lowest BCUT2D eigenvalue weighted by Crippen LogP contribution is -2.37. The monoisotopic (exact) mass is 348 g/mol. The van der Waals surface area contributed by atoms with Crippen molar-refractivity contribution in [3.8, 4) is 0 Å². The summed E-state index contributed by atoms with van der Waals surface area (Å²) in [5, 5.41) is 1.11. The second kappa shape index (κ2) is 6.01. The zero-order valence-corrected chi connectivity index (χ0v) is 15.2. The van der Waals surface area contributed by atoms with Gasteiger partial charge in [-0.25, -0.2) is 4.98 Å². The number of H-pyrrole nitrogens is 1. The maximum atomic E-state index is 13.4. The Kier molecular flexibility index (Phi) is 3.62. The minimum Gasteiger partial charge on any atom is -0.348 e. The molecule has 0 bridgehead atoms. The van der Waals surface area contributed by atoms with E-state index in [1.54, 1.807) is 6.33 Å². The third-order valence-corrected chi connectivity index (χ3v) is 6.10. The fourth-order valence-electron chi connectivity index (χ4n) is 4.76. The molecule has 0 atom stereocenters. The normalized spacial score (nSPS) is 18.0. The minimum atomic E-state index is 0.154. The van der Waals surface area contributed by atoms with Crippen molar-refractivity contribution < 1.29 is 4.79 Å². The van der Waals surface area contributed by atoms with Crippen LogP contribution in [0.3, 0.4) is 0 Å². The van der Waals surface area contributed by atoms with Crippen LogP contribution in [0, 0.1) is 6.92 Å². The number of aromatic nitrogens is 3. The molecular weight excluding hydrogens is 324 g/mol. The van der Waals surface area contributed by atoms with Crippen molar-refractivity contribution in [3.63, 3.8) is 0 Å².